The van der Waals surface area contributed by atoms with Crippen molar-refractivity contribution in [2.75, 3.05) is 5.32 Å². The predicted molar refractivity (Wildman–Crippen MR) is 108 cm³/mol. The van der Waals surface area contributed by atoms with Gasteiger partial charge in [-0.15, -0.1) is 0 Å². The van der Waals surface area contributed by atoms with Gasteiger partial charge >= 0.3 is 0 Å². The summed E-state index contributed by atoms with van der Waals surface area (Å²) in [6.45, 7) is 8.49. The van der Waals surface area contributed by atoms with Crippen LogP contribution in [0.4, 0.5) is 5.95 Å². The Labute approximate surface area is 154 Å². The van der Waals surface area contributed by atoms with Crippen LogP contribution in [-0.2, 0) is 0 Å². The highest BCUT2D eigenvalue weighted by molar-refractivity contribution is 5.86. The fraction of sp³-hybridized carbons (Fsp3) is 0.273. The van der Waals surface area contributed by atoms with Crippen LogP contribution in [0.5, 0.6) is 0 Å². The zero-order valence-electron chi connectivity index (χ0n) is 15.3. The molecule has 1 unspecified atom stereocenters. The topological polar surface area (TPSA) is 49.8 Å². The molecule has 1 aliphatic rings. The number of hydrogen-bond acceptors (Lipinski definition) is 4. The molecule has 0 saturated carbocycles. The van der Waals surface area contributed by atoms with Crippen molar-refractivity contribution < 1.29 is 0 Å². The first-order valence-corrected chi connectivity index (χ1v) is 9.03. The number of anilines is 1. The second-order valence-corrected chi connectivity index (χ2v) is 7.69. The van der Waals surface area contributed by atoms with E-state index in [0.29, 0.717) is 5.95 Å². The first-order valence-electron chi connectivity index (χ1n) is 9.03. The molecule has 1 atom stereocenters. The highest BCUT2D eigenvalue weighted by Crippen LogP contribution is 2.27. The van der Waals surface area contributed by atoms with Crippen molar-refractivity contribution in [1.29, 1.82) is 0 Å². The van der Waals surface area contributed by atoms with Crippen LogP contribution >= 0.6 is 0 Å². The molecule has 4 rings (SSSR count). The molecule has 0 spiro atoms. The van der Waals surface area contributed by atoms with Gasteiger partial charge in [-0.2, -0.15) is 0 Å². The van der Waals surface area contributed by atoms with Gasteiger partial charge in [0.1, 0.15) is 0 Å². The van der Waals surface area contributed by atoms with Crippen molar-refractivity contribution >= 4 is 16.7 Å². The van der Waals surface area contributed by atoms with Crippen LogP contribution in [0.2, 0.25) is 0 Å². The summed E-state index contributed by atoms with van der Waals surface area (Å²) in [5.74, 6) is 0.672. The SMILES string of the molecule is C=C1CC(Nc2nccc(-c3ccc4ccccc4c3)n2)CC(C)(C)N1. The van der Waals surface area contributed by atoms with Gasteiger partial charge in [0.25, 0.3) is 0 Å². The summed E-state index contributed by atoms with van der Waals surface area (Å²) >= 11 is 0. The first kappa shape index (κ1) is 16.6. The summed E-state index contributed by atoms with van der Waals surface area (Å²) in [4.78, 5) is 9.17. The summed E-state index contributed by atoms with van der Waals surface area (Å²) in [5.41, 5.74) is 3.12. The van der Waals surface area contributed by atoms with Crippen LogP contribution < -0.4 is 10.6 Å². The molecule has 132 valence electrons. The van der Waals surface area contributed by atoms with Crippen LogP contribution in [0, 0.1) is 0 Å². The average molecular weight is 344 g/mol. The van der Waals surface area contributed by atoms with Crippen molar-refractivity contribution in [2.45, 2.75) is 38.3 Å². The third-order valence-corrected chi connectivity index (χ3v) is 4.80. The quantitative estimate of drug-likeness (QED) is 0.720. The van der Waals surface area contributed by atoms with Crippen LogP contribution in [0.15, 0.2) is 67.0 Å². The van der Waals surface area contributed by atoms with E-state index in [2.05, 4.69) is 78.5 Å². The Hall–Kier alpha value is -2.88. The zero-order chi connectivity index (χ0) is 18.1. The maximum atomic E-state index is 4.74. The Kier molecular flexibility index (Phi) is 4.11. The summed E-state index contributed by atoms with van der Waals surface area (Å²) in [6.07, 6.45) is 3.70. The molecule has 0 amide bonds. The molecule has 4 heteroatoms. The van der Waals surface area contributed by atoms with Crippen molar-refractivity contribution in [2.24, 2.45) is 0 Å². The molecular formula is C22H24N4. The number of nitrogens with zero attached hydrogens (tertiary/aromatic N) is 2. The molecule has 2 N–H and O–H groups in total. The van der Waals surface area contributed by atoms with E-state index in [1.165, 1.54) is 10.8 Å². The Balaban J connectivity index is 1.59. The number of rotatable bonds is 3. The van der Waals surface area contributed by atoms with Crippen molar-refractivity contribution in [1.82, 2.24) is 15.3 Å². The number of benzene rings is 2. The van der Waals surface area contributed by atoms with E-state index in [1.807, 2.05) is 12.3 Å². The molecule has 4 nitrogen and oxygen atoms in total. The van der Waals surface area contributed by atoms with Gasteiger partial charge in [0.05, 0.1) is 5.69 Å². The van der Waals surface area contributed by atoms with E-state index in [1.54, 1.807) is 0 Å². The van der Waals surface area contributed by atoms with Gasteiger partial charge in [-0.25, -0.2) is 9.97 Å². The highest BCUT2D eigenvalue weighted by Gasteiger charge is 2.29. The molecule has 3 aromatic rings. The zero-order valence-corrected chi connectivity index (χ0v) is 15.3. The number of hydrogen-bond donors (Lipinski definition) is 2. The van der Waals surface area contributed by atoms with E-state index < -0.39 is 0 Å². The molecule has 2 aromatic carbocycles. The van der Waals surface area contributed by atoms with Crippen LogP contribution in [0.1, 0.15) is 26.7 Å². The van der Waals surface area contributed by atoms with E-state index in [0.717, 1.165) is 29.8 Å². The lowest BCUT2D eigenvalue weighted by Crippen LogP contribution is -2.48. The molecule has 1 aliphatic heterocycles. The number of fused-ring (bicyclic) bond motifs is 1. The maximum Gasteiger partial charge on any atom is 0.223 e. The lowest BCUT2D eigenvalue weighted by Gasteiger charge is -2.38. The van der Waals surface area contributed by atoms with Gasteiger partial charge in [-0.3, -0.25) is 0 Å². The van der Waals surface area contributed by atoms with E-state index >= 15 is 0 Å². The Morgan fingerprint density at radius 2 is 1.92 bits per heavy atom. The normalized spacial score (nSPS) is 19.2. The van der Waals surface area contributed by atoms with Crippen molar-refractivity contribution in [3.05, 3.63) is 67.0 Å². The largest absolute Gasteiger partial charge is 0.384 e. The number of nitrogens with one attached hydrogen (secondary N) is 2. The van der Waals surface area contributed by atoms with Gasteiger partial charge in [0.15, 0.2) is 0 Å². The van der Waals surface area contributed by atoms with Crippen LogP contribution in [0.25, 0.3) is 22.0 Å². The standard InChI is InChI=1S/C22H24N4/c1-15-12-19(14-22(2,3)26-15)24-21-23-11-10-20(25-21)18-9-8-16-6-4-5-7-17(16)13-18/h4-11,13,19,26H,1,12,14H2,2-3H3,(H,23,24,25). The van der Waals surface area contributed by atoms with Gasteiger partial charge in [0, 0.05) is 35.5 Å². The number of aromatic nitrogens is 2. The van der Waals surface area contributed by atoms with E-state index in [9.17, 15) is 0 Å². The average Bonchev–Trinajstić information content (AvgIpc) is 2.60. The van der Waals surface area contributed by atoms with Crippen LogP contribution in [-0.4, -0.2) is 21.5 Å². The minimum Gasteiger partial charge on any atom is -0.384 e. The predicted octanol–water partition coefficient (Wildman–Crippen LogP) is 4.75. The van der Waals surface area contributed by atoms with Gasteiger partial charge in [-0.1, -0.05) is 43.0 Å². The smallest absolute Gasteiger partial charge is 0.223 e. The van der Waals surface area contributed by atoms with Gasteiger partial charge < -0.3 is 10.6 Å². The molecule has 1 aromatic heterocycles. The Morgan fingerprint density at radius 3 is 2.73 bits per heavy atom. The fourth-order valence-electron chi connectivity index (χ4n) is 3.79. The molecule has 0 bridgehead atoms. The first-order chi connectivity index (χ1) is 12.5. The van der Waals surface area contributed by atoms with E-state index in [-0.39, 0.29) is 11.6 Å². The van der Waals surface area contributed by atoms with Crippen molar-refractivity contribution in [3.8, 4) is 11.3 Å². The molecular weight excluding hydrogens is 320 g/mol. The Morgan fingerprint density at radius 1 is 1.12 bits per heavy atom. The minimum atomic E-state index is 0.0307. The molecule has 1 saturated heterocycles. The summed E-state index contributed by atoms with van der Waals surface area (Å²) in [5, 5.41) is 9.39. The monoisotopic (exact) mass is 344 g/mol. The molecule has 0 radical (unpaired) electrons. The number of piperidine rings is 1. The third kappa shape index (κ3) is 3.54. The summed E-state index contributed by atoms with van der Waals surface area (Å²) < 4.78 is 0. The third-order valence-electron chi connectivity index (χ3n) is 4.80. The van der Waals surface area contributed by atoms with Gasteiger partial charge in [-0.05, 0) is 43.2 Å². The molecule has 26 heavy (non-hydrogen) atoms. The summed E-state index contributed by atoms with van der Waals surface area (Å²) in [7, 11) is 0. The Bertz CT molecular complexity index is 961. The van der Waals surface area contributed by atoms with Crippen LogP contribution in [0.3, 0.4) is 0 Å². The second kappa shape index (κ2) is 6.45. The minimum absolute atomic E-state index is 0.0307. The second-order valence-electron chi connectivity index (χ2n) is 7.69. The lowest BCUT2D eigenvalue weighted by molar-refractivity contribution is 0.324. The molecule has 2 heterocycles. The summed E-state index contributed by atoms with van der Waals surface area (Å²) in [6, 6.07) is 17.0. The fourth-order valence-corrected chi connectivity index (χ4v) is 3.79. The lowest BCUT2D eigenvalue weighted by atomic mass is 9.88. The van der Waals surface area contributed by atoms with Gasteiger partial charge in [0.2, 0.25) is 5.95 Å². The van der Waals surface area contributed by atoms with Crippen molar-refractivity contribution in [3.63, 3.8) is 0 Å². The highest BCUT2D eigenvalue weighted by atomic mass is 15.1. The molecule has 0 aliphatic carbocycles. The maximum absolute atomic E-state index is 4.74. The molecule has 1 fully saturated rings. The van der Waals surface area contributed by atoms with E-state index in [4.69, 9.17) is 4.98 Å².